The average Bonchev–Trinajstić information content (AvgIpc) is 3.57. The molecular weight excluding hydrogens is 468 g/mol. The standard InChI is InChI=1S/C30H40N2O5/c1-9-30(10-2)19-23(30)25(33)32(27(35)37-29(6,7)8)24-17-12-11-16-22(24)21-15-13-14-18-31(20-21)26(34)36-28(3,4)5/h9-12,16-17,20,23H,1-2,13-15,18-19H2,3-8H3. The van der Waals surface area contributed by atoms with Gasteiger partial charge >= 0.3 is 12.2 Å². The molecule has 0 N–H and O–H groups in total. The Morgan fingerprint density at radius 1 is 1.00 bits per heavy atom. The Balaban J connectivity index is 2.06. The van der Waals surface area contributed by atoms with Crippen molar-refractivity contribution in [3.8, 4) is 0 Å². The summed E-state index contributed by atoms with van der Waals surface area (Å²) >= 11 is 0. The quantitative estimate of drug-likeness (QED) is 0.397. The van der Waals surface area contributed by atoms with Crippen LogP contribution < -0.4 is 4.90 Å². The molecule has 3 rings (SSSR count). The fraction of sp³-hybridized carbons (Fsp3) is 0.500. The van der Waals surface area contributed by atoms with Crippen molar-refractivity contribution in [2.24, 2.45) is 11.3 Å². The molecule has 0 aromatic heterocycles. The number of para-hydroxylation sites is 1. The number of hydrogen-bond donors (Lipinski definition) is 0. The molecule has 7 nitrogen and oxygen atoms in total. The molecule has 1 fully saturated rings. The van der Waals surface area contributed by atoms with E-state index in [1.165, 1.54) is 0 Å². The first kappa shape index (κ1) is 28.2. The highest BCUT2D eigenvalue weighted by Gasteiger charge is 2.56. The molecule has 1 aliphatic carbocycles. The van der Waals surface area contributed by atoms with E-state index in [-0.39, 0.29) is 5.91 Å². The van der Waals surface area contributed by atoms with Crippen LogP contribution in [0.5, 0.6) is 0 Å². The second-order valence-electron chi connectivity index (χ2n) is 11.7. The van der Waals surface area contributed by atoms with Gasteiger partial charge in [0.05, 0.1) is 11.6 Å². The molecule has 1 aliphatic heterocycles. The molecule has 0 radical (unpaired) electrons. The van der Waals surface area contributed by atoms with Crippen LogP contribution in [0.15, 0.2) is 55.8 Å². The van der Waals surface area contributed by atoms with E-state index in [0.717, 1.165) is 23.3 Å². The summed E-state index contributed by atoms with van der Waals surface area (Å²) < 4.78 is 11.3. The van der Waals surface area contributed by atoms with Crippen molar-refractivity contribution in [2.75, 3.05) is 11.4 Å². The van der Waals surface area contributed by atoms with Crippen LogP contribution in [0.3, 0.4) is 0 Å². The van der Waals surface area contributed by atoms with Gasteiger partial charge in [0.1, 0.15) is 11.2 Å². The predicted molar refractivity (Wildman–Crippen MR) is 146 cm³/mol. The SMILES string of the molecule is C=CC1(C=C)CC1C(=O)N(C(=O)OC(C)(C)C)c1ccccc1C1=CN(C(=O)OC(C)(C)C)CCCC1. The highest BCUT2D eigenvalue weighted by molar-refractivity contribution is 6.15. The molecule has 3 amide bonds. The third kappa shape index (κ3) is 6.70. The first-order chi connectivity index (χ1) is 17.2. The molecule has 0 bridgehead atoms. The summed E-state index contributed by atoms with van der Waals surface area (Å²) in [5.41, 5.74) is 0.00400. The molecule has 1 aromatic rings. The molecule has 2 aliphatic rings. The fourth-order valence-corrected chi connectivity index (χ4v) is 4.44. The number of carbonyl (C=O) groups excluding carboxylic acids is 3. The third-order valence-electron chi connectivity index (χ3n) is 6.43. The summed E-state index contributed by atoms with van der Waals surface area (Å²) in [4.78, 5) is 42.9. The van der Waals surface area contributed by atoms with Gasteiger partial charge in [-0.05, 0) is 78.9 Å². The summed E-state index contributed by atoms with van der Waals surface area (Å²) in [6.45, 7) is 19.1. The number of carbonyl (C=O) groups is 3. The zero-order chi connectivity index (χ0) is 27.6. The first-order valence-corrected chi connectivity index (χ1v) is 12.9. The zero-order valence-corrected chi connectivity index (χ0v) is 23.0. The molecule has 1 unspecified atom stereocenters. The van der Waals surface area contributed by atoms with Crippen molar-refractivity contribution in [1.29, 1.82) is 0 Å². The van der Waals surface area contributed by atoms with Crippen LogP contribution in [0.2, 0.25) is 0 Å². The van der Waals surface area contributed by atoms with E-state index in [1.807, 2.05) is 32.9 Å². The number of ether oxygens (including phenoxy) is 2. The highest BCUT2D eigenvalue weighted by Crippen LogP contribution is 2.56. The number of imide groups is 1. The van der Waals surface area contributed by atoms with E-state index in [0.29, 0.717) is 30.6 Å². The number of anilines is 1. The van der Waals surface area contributed by atoms with Gasteiger partial charge in [-0.25, -0.2) is 14.5 Å². The first-order valence-electron chi connectivity index (χ1n) is 12.9. The molecule has 1 aromatic carbocycles. The summed E-state index contributed by atoms with van der Waals surface area (Å²) in [5.74, 6) is -0.816. The van der Waals surface area contributed by atoms with E-state index in [4.69, 9.17) is 9.47 Å². The minimum Gasteiger partial charge on any atom is -0.443 e. The topological polar surface area (TPSA) is 76.2 Å². The lowest BCUT2D eigenvalue weighted by Crippen LogP contribution is -2.43. The highest BCUT2D eigenvalue weighted by atomic mass is 16.6. The molecule has 7 heteroatoms. The molecule has 1 heterocycles. The Morgan fingerprint density at radius 3 is 2.19 bits per heavy atom. The third-order valence-corrected chi connectivity index (χ3v) is 6.43. The lowest BCUT2D eigenvalue weighted by atomic mass is 9.98. The van der Waals surface area contributed by atoms with Gasteiger partial charge in [0, 0.05) is 23.7 Å². The van der Waals surface area contributed by atoms with Gasteiger partial charge in [-0.3, -0.25) is 9.69 Å². The van der Waals surface area contributed by atoms with Crippen LogP contribution in [-0.2, 0) is 14.3 Å². The number of rotatable bonds is 5. The maximum atomic E-state index is 13.8. The summed E-state index contributed by atoms with van der Waals surface area (Å²) in [7, 11) is 0. The van der Waals surface area contributed by atoms with Crippen LogP contribution in [0.4, 0.5) is 15.3 Å². The maximum absolute atomic E-state index is 13.8. The monoisotopic (exact) mass is 508 g/mol. The number of benzene rings is 1. The Kier molecular flexibility index (Phi) is 8.06. The smallest absolute Gasteiger partial charge is 0.421 e. The average molecular weight is 509 g/mol. The number of nitrogens with zero attached hydrogens (tertiary/aromatic N) is 2. The van der Waals surface area contributed by atoms with Crippen LogP contribution in [0.25, 0.3) is 5.57 Å². The predicted octanol–water partition coefficient (Wildman–Crippen LogP) is 7.09. The number of allylic oxidation sites excluding steroid dienone is 3. The summed E-state index contributed by atoms with van der Waals surface area (Å²) in [5, 5.41) is 0. The Bertz CT molecular complexity index is 1100. The Hall–Kier alpha value is -3.35. The van der Waals surface area contributed by atoms with Gasteiger partial charge in [-0.1, -0.05) is 30.4 Å². The van der Waals surface area contributed by atoms with E-state index in [1.54, 1.807) is 56.2 Å². The van der Waals surface area contributed by atoms with Crippen LogP contribution in [0.1, 0.15) is 72.8 Å². The van der Waals surface area contributed by atoms with Crippen molar-refractivity contribution in [2.45, 2.75) is 78.4 Å². The minimum atomic E-state index is -0.794. The van der Waals surface area contributed by atoms with Crippen molar-refractivity contribution in [1.82, 2.24) is 4.90 Å². The van der Waals surface area contributed by atoms with E-state index >= 15 is 0 Å². The van der Waals surface area contributed by atoms with E-state index in [2.05, 4.69) is 13.2 Å². The molecule has 0 spiro atoms. The summed E-state index contributed by atoms with van der Waals surface area (Å²) in [6.07, 6.45) is 6.92. The van der Waals surface area contributed by atoms with Crippen LogP contribution in [0, 0.1) is 11.3 Å². The van der Waals surface area contributed by atoms with Crippen molar-refractivity contribution in [3.63, 3.8) is 0 Å². The molecule has 200 valence electrons. The van der Waals surface area contributed by atoms with E-state index in [9.17, 15) is 14.4 Å². The molecule has 1 saturated carbocycles. The van der Waals surface area contributed by atoms with Gasteiger partial charge < -0.3 is 9.47 Å². The van der Waals surface area contributed by atoms with Gasteiger partial charge in [0.25, 0.3) is 0 Å². The van der Waals surface area contributed by atoms with Crippen molar-refractivity contribution < 1.29 is 23.9 Å². The lowest BCUT2D eigenvalue weighted by Gasteiger charge is -2.29. The summed E-state index contributed by atoms with van der Waals surface area (Å²) in [6, 6.07) is 7.25. The van der Waals surface area contributed by atoms with Gasteiger partial charge in [0.15, 0.2) is 0 Å². The van der Waals surface area contributed by atoms with E-state index < -0.39 is 34.7 Å². The number of amides is 3. The second kappa shape index (κ2) is 10.6. The van der Waals surface area contributed by atoms with Crippen molar-refractivity contribution >= 4 is 29.4 Å². The van der Waals surface area contributed by atoms with Gasteiger partial charge in [0.2, 0.25) is 5.91 Å². The lowest BCUT2D eigenvalue weighted by molar-refractivity contribution is -0.120. The Labute approximate surface area is 220 Å². The molecule has 37 heavy (non-hydrogen) atoms. The molecule has 1 atom stereocenters. The van der Waals surface area contributed by atoms with Crippen LogP contribution >= 0.6 is 0 Å². The normalized spacial score (nSPS) is 19.1. The van der Waals surface area contributed by atoms with Crippen LogP contribution in [-0.4, -0.2) is 40.7 Å². The second-order valence-corrected chi connectivity index (χ2v) is 11.7. The largest absolute Gasteiger partial charge is 0.443 e. The minimum absolute atomic E-state index is 0.361. The van der Waals surface area contributed by atoms with Crippen molar-refractivity contribution in [3.05, 3.63) is 61.3 Å². The fourth-order valence-electron chi connectivity index (χ4n) is 4.44. The molecular formula is C30H40N2O5. The van der Waals surface area contributed by atoms with Gasteiger partial charge in [-0.15, -0.1) is 13.2 Å². The number of hydrogen-bond acceptors (Lipinski definition) is 5. The Morgan fingerprint density at radius 2 is 1.62 bits per heavy atom. The maximum Gasteiger partial charge on any atom is 0.421 e. The molecule has 0 saturated heterocycles. The zero-order valence-electron chi connectivity index (χ0n) is 23.0. The van der Waals surface area contributed by atoms with Gasteiger partial charge in [-0.2, -0.15) is 0 Å².